The van der Waals surface area contributed by atoms with E-state index in [9.17, 15) is 8.42 Å². The summed E-state index contributed by atoms with van der Waals surface area (Å²) in [5.41, 5.74) is 0. The van der Waals surface area contributed by atoms with Crippen molar-refractivity contribution in [2.75, 3.05) is 6.54 Å². The summed E-state index contributed by atoms with van der Waals surface area (Å²) in [5, 5.41) is 0. The van der Waals surface area contributed by atoms with E-state index >= 15 is 0 Å². The van der Waals surface area contributed by atoms with Crippen LogP contribution in [0.15, 0.2) is 0 Å². The Morgan fingerprint density at radius 3 is 2.59 bits per heavy atom. The molecule has 1 rings (SSSR count). The van der Waals surface area contributed by atoms with Crippen LogP contribution in [0, 0.1) is 0 Å². The van der Waals surface area contributed by atoms with Gasteiger partial charge in [0.25, 0.3) is 0 Å². The van der Waals surface area contributed by atoms with E-state index in [1.165, 1.54) is 12.8 Å². The van der Waals surface area contributed by atoms with E-state index in [4.69, 9.17) is 0 Å². The molecule has 0 bridgehead atoms. The second-order valence-corrected chi connectivity index (χ2v) is 7.75. The Morgan fingerprint density at radius 1 is 1.12 bits per heavy atom. The van der Waals surface area contributed by atoms with Crippen LogP contribution >= 0.6 is 0 Å². The number of sulfonamides is 1. The quantitative estimate of drug-likeness (QED) is 0.772. The number of hydrogen-bond acceptors (Lipinski definition) is 2. The lowest BCUT2D eigenvalue weighted by Gasteiger charge is -2.31. The minimum Gasteiger partial charge on any atom is -0.215 e. The summed E-state index contributed by atoms with van der Waals surface area (Å²) in [6.45, 7) is 4.72. The van der Waals surface area contributed by atoms with Crippen molar-refractivity contribution in [3.05, 3.63) is 0 Å². The van der Waals surface area contributed by atoms with Gasteiger partial charge >= 0.3 is 0 Å². The first-order valence-corrected chi connectivity index (χ1v) is 8.49. The maximum Gasteiger partial charge on any atom is 0.217 e. The van der Waals surface area contributed by atoms with Crippen LogP contribution in [-0.2, 0) is 10.0 Å². The summed E-state index contributed by atoms with van der Waals surface area (Å²) in [7, 11) is -3.12. The predicted octanol–water partition coefficient (Wildman–Crippen LogP) is 3.21. The molecule has 1 unspecified atom stereocenters. The van der Waals surface area contributed by atoms with Crippen LogP contribution in [0.2, 0.25) is 0 Å². The van der Waals surface area contributed by atoms with Crippen LogP contribution in [0.4, 0.5) is 0 Å². The average Bonchev–Trinajstić information content (AvgIpc) is 2.27. The number of hydrogen-bond donors (Lipinski definition) is 1. The van der Waals surface area contributed by atoms with E-state index < -0.39 is 14.8 Å². The van der Waals surface area contributed by atoms with Gasteiger partial charge in [0.15, 0.2) is 0 Å². The van der Waals surface area contributed by atoms with Gasteiger partial charge in [0.05, 0.1) is 4.75 Å². The predicted molar refractivity (Wildman–Crippen MR) is 72.6 cm³/mol. The lowest BCUT2D eigenvalue weighted by molar-refractivity contribution is 0.421. The third-order valence-electron chi connectivity index (χ3n) is 3.88. The Kier molecular flexibility index (Phi) is 5.93. The van der Waals surface area contributed by atoms with Crippen molar-refractivity contribution in [3.8, 4) is 0 Å². The zero-order valence-electron chi connectivity index (χ0n) is 11.3. The average molecular weight is 261 g/mol. The van der Waals surface area contributed by atoms with Crippen LogP contribution in [0.5, 0.6) is 0 Å². The number of rotatable bonds is 5. The molecule has 1 aliphatic heterocycles. The standard InChI is InChI=1S/C13H27NO2S/c1-3-4-5-7-10-13(2)11-8-6-9-12-14-17(13,15)16/h14H,3-12H2,1-2H3. The zero-order chi connectivity index (χ0) is 12.8. The molecule has 1 atom stereocenters. The molecule has 0 aliphatic carbocycles. The Balaban J connectivity index is 2.59. The molecule has 0 spiro atoms. The zero-order valence-corrected chi connectivity index (χ0v) is 12.1. The largest absolute Gasteiger partial charge is 0.217 e. The summed E-state index contributed by atoms with van der Waals surface area (Å²) in [6.07, 6.45) is 9.39. The topological polar surface area (TPSA) is 46.2 Å². The molecule has 0 amide bonds. The number of unbranched alkanes of at least 4 members (excludes halogenated alkanes) is 3. The number of nitrogens with one attached hydrogen (secondary N) is 1. The molecule has 4 heteroatoms. The first kappa shape index (κ1) is 15.0. The highest BCUT2D eigenvalue weighted by atomic mass is 32.2. The van der Waals surface area contributed by atoms with Gasteiger partial charge in [-0.15, -0.1) is 0 Å². The molecule has 102 valence electrons. The third kappa shape index (κ3) is 4.25. The van der Waals surface area contributed by atoms with Crippen LogP contribution in [-0.4, -0.2) is 19.7 Å². The molecule has 0 aromatic heterocycles. The molecular formula is C13H27NO2S. The Morgan fingerprint density at radius 2 is 1.88 bits per heavy atom. The molecule has 3 nitrogen and oxygen atoms in total. The second-order valence-electron chi connectivity index (χ2n) is 5.47. The van der Waals surface area contributed by atoms with Crippen LogP contribution < -0.4 is 4.72 Å². The smallest absolute Gasteiger partial charge is 0.215 e. The molecule has 1 saturated heterocycles. The van der Waals surface area contributed by atoms with E-state index in [2.05, 4.69) is 11.6 Å². The van der Waals surface area contributed by atoms with Gasteiger partial charge in [-0.3, -0.25) is 0 Å². The summed E-state index contributed by atoms with van der Waals surface area (Å²) in [6, 6.07) is 0. The van der Waals surface area contributed by atoms with E-state index in [0.29, 0.717) is 6.54 Å². The summed E-state index contributed by atoms with van der Waals surface area (Å²) < 4.78 is 26.7. The molecule has 1 aliphatic rings. The van der Waals surface area contributed by atoms with Gasteiger partial charge < -0.3 is 0 Å². The normalized spacial score (nSPS) is 29.5. The minimum atomic E-state index is -3.12. The molecule has 17 heavy (non-hydrogen) atoms. The van der Waals surface area contributed by atoms with Gasteiger partial charge in [-0.2, -0.15) is 0 Å². The molecule has 0 aromatic carbocycles. The van der Waals surface area contributed by atoms with Crippen molar-refractivity contribution in [1.82, 2.24) is 4.72 Å². The Hall–Kier alpha value is -0.0900. The molecule has 0 radical (unpaired) electrons. The van der Waals surface area contributed by atoms with Gasteiger partial charge in [0.1, 0.15) is 0 Å². The van der Waals surface area contributed by atoms with Crippen molar-refractivity contribution in [3.63, 3.8) is 0 Å². The van der Waals surface area contributed by atoms with E-state index in [0.717, 1.165) is 44.9 Å². The van der Waals surface area contributed by atoms with Gasteiger partial charge in [-0.05, 0) is 26.2 Å². The van der Waals surface area contributed by atoms with Crippen LogP contribution in [0.3, 0.4) is 0 Å². The molecule has 0 saturated carbocycles. The highest BCUT2D eigenvalue weighted by molar-refractivity contribution is 7.90. The third-order valence-corrected chi connectivity index (χ3v) is 6.17. The van der Waals surface area contributed by atoms with Gasteiger partial charge in [0.2, 0.25) is 10.0 Å². The van der Waals surface area contributed by atoms with Crippen molar-refractivity contribution in [2.45, 2.75) is 76.4 Å². The highest BCUT2D eigenvalue weighted by Gasteiger charge is 2.38. The lowest BCUT2D eigenvalue weighted by atomic mass is 9.95. The monoisotopic (exact) mass is 261 g/mol. The van der Waals surface area contributed by atoms with E-state index in [-0.39, 0.29) is 0 Å². The summed E-state index contributed by atoms with van der Waals surface area (Å²) >= 11 is 0. The summed E-state index contributed by atoms with van der Waals surface area (Å²) in [4.78, 5) is 0. The fourth-order valence-corrected chi connectivity index (χ4v) is 4.09. The minimum absolute atomic E-state index is 0.541. The maximum absolute atomic E-state index is 12.2. The van der Waals surface area contributed by atoms with Crippen molar-refractivity contribution < 1.29 is 8.42 Å². The second kappa shape index (κ2) is 6.74. The lowest BCUT2D eigenvalue weighted by Crippen LogP contribution is -2.45. The van der Waals surface area contributed by atoms with Gasteiger partial charge in [-0.1, -0.05) is 45.4 Å². The first-order chi connectivity index (χ1) is 8.02. The Bertz CT molecular complexity index is 313. The highest BCUT2D eigenvalue weighted by Crippen LogP contribution is 2.31. The van der Waals surface area contributed by atoms with Gasteiger partial charge in [-0.25, -0.2) is 13.1 Å². The first-order valence-electron chi connectivity index (χ1n) is 7.01. The SMILES string of the molecule is CCCCCCC1(C)CCCCCNS1(=O)=O. The summed E-state index contributed by atoms with van der Waals surface area (Å²) in [5.74, 6) is 0. The van der Waals surface area contributed by atoms with Crippen LogP contribution in [0.25, 0.3) is 0 Å². The van der Waals surface area contributed by atoms with E-state index in [1.807, 2.05) is 6.92 Å². The molecule has 1 heterocycles. The van der Waals surface area contributed by atoms with Crippen molar-refractivity contribution in [2.24, 2.45) is 0 Å². The fourth-order valence-electron chi connectivity index (χ4n) is 2.50. The molecule has 1 fully saturated rings. The Labute approximate surface area is 106 Å². The molecule has 1 N–H and O–H groups in total. The van der Waals surface area contributed by atoms with E-state index in [1.54, 1.807) is 0 Å². The molecular weight excluding hydrogens is 234 g/mol. The fraction of sp³-hybridized carbons (Fsp3) is 1.00. The maximum atomic E-state index is 12.2. The van der Waals surface area contributed by atoms with Crippen molar-refractivity contribution >= 4 is 10.0 Å². The van der Waals surface area contributed by atoms with Crippen LogP contribution in [0.1, 0.15) is 71.6 Å². The molecule has 0 aromatic rings. The van der Waals surface area contributed by atoms with Gasteiger partial charge in [0, 0.05) is 6.54 Å². The van der Waals surface area contributed by atoms with Crippen molar-refractivity contribution in [1.29, 1.82) is 0 Å².